The van der Waals surface area contributed by atoms with Gasteiger partial charge in [-0.15, -0.1) is 0 Å². The predicted octanol–water partition coefficient (Wildman–Crippen LogP) is 2.85. The van der Waals surface area contributed by atoms with Crippen molar-refractivity contribution in [2.45, 2.75) is 0 Å². The fraction of sp³-hybridized carbons (Fsp3) is 0.0588. The first kappa shape index (κ1) is 13.4. The maximum atomic E-state index is 12.4. The van der Waals surface area contributed by atoms with E-state index < -0.39 is 0 Å². The van der Waals surface area contributed by atoms with Gasteiger partial charge < -0.3 is 14.8 Å². The zero-order valence-corrected chi connectivity index (χ0v) is 12.1. The van der Waals surface area contributed by atoms with Gasteiger partial charge in [-0.25, -0.2) is 4.68 Å². The smallest absolute Gasteiger partial charge is 0.259 e. The van der Waals surface area contributed by atoms with Crippen LogP contribution >= 0.6 is 0 Å². The number of carbonyl (C=O) groups excluding carboxylic acids is 1. The van der Waals surface area contributed by atoms with Crippen molar-refractivity contribution in [3.8, 4) is 17.2 Å². The van der Waals surface area contributed by atoms with Gasteiger partial charge in [-0.05, 0) is 42.5 Å². The zero-order valence-electron chi connectivity index (χ0n) is 12.1. The summed E-state index contributed by atoms with van der Waals surface area (Å²) in [6.07, 6.45) is 3.58. The lowest BCUT2D eigenvalue weighted by atomic mass is 10.1. The van der Waals surface area contributed by atoms with Crippen molar-refractivity contribution in [1.29, 1.82) is 0 Å². The third-order valence-corrected chi connectivity index (χ3v) is 3.54. The number of amides is 1. The number of para-hydroxylation sites is 1. The number of fused-ring (bicyclic) bond motifs is 1. The predicted molar refractivity (Wildman–Crippen MR) is 84.1 cm³/mol. The molecule has 1 aliphatic heterocycles. The molecule has 4 rings (SSSR count). The quantitative estimate of drug-likeness (QED) is 0.808. The van der Waals surface area contributed by atoms with Crippen molar-refractivity contribution in [3.05, 3.63) is 66.5 Å². The normalized spacial score (nSPS) is 12.2. The molecular formula is C17H13N3O3. The number of nitrogens with one attached hydrogen (secondary N) is 1. The lowest BCUT2D eigenvalue weighted by Gasteiger charge is -2.08. The van der Waals surface area contributed by atoms with Gasteiger partial charge in [-0.3, -0.25) is 4.79 Å². The molecule has 0 fully saturated rings. The Balaban J connectivity index is 1.54. The van der Waals surface area contributed by atoms with Crippen molar-refractivity contribution >= 4 is 11.6 Å². The van der Waals surface area contributed by atoms with E-state index in [1.165, 1.54) is 0 Å². The molecule has 0 spiro atoms. The van der Waals surface area contributed by atoms with Crippen molar-refractivity contribution in [2.24, 2.45) is 0 Å². The van der Waals surface area contributed by atoms with E-state index in [1.54, 1.807) is 29.1 Å². The van der Waals surface area contributed by atoms with E-state index in [1.807, 2.05) is 36.5 Å². The SMILES string of the molecule is O=C(Nc1ccc(-n2cccn2)cc1)c1cccc2c1OCO2. The Morgan fingerprint density at radius 1 is 1.09 bits per heavy atom. The molecule has 0 saturated heterocycles. The summed E-state index contributed by atoms with van der Waals surface area (Å²) >= 11 is 0. The molecule has 0 unspecified atom stereocenters. The molecule has 0 radical (unpaired) electrons. The highest BCUT2D eigenvalue weighted by Crippen LogP contribution is 2.35. The van der Waals surface area contributed by atoms with E-state index in [9.17, 15) is 4.79 Å². The van der Waals surface area contributed by atoms with Crippen LogP contribution in [0.25, 0.3) is 5.69 Å². The first-order valence-electron chi connectivity index (χ1n) is 7.11. The zero-order chi connectivity index (χ0) is 15.6. The molecule has 114 valence electrons. The lowest BCUT2D eigenvalue weighted by molar-refractivity contribution is 0.102. The van der Waals surface area contributed by atoms with Gasteiger partial charge >= 0.3 is 0 Å². The summed E-state index contributed by atoms with van der Waals surface area (Å²) in [5, 5.41) is 7.02. The molecule has 0 bridgehead atoms. The Kier molecular flexibility index (Phi) is 3.20. The molecule has 2 heterocycles. The molecule has 0 saturated carbocycles. The molecule has 1 aliphatic rings. The minimum Gasteiger partial charge on any atom is -0.454 e. The maximum absolute atomic E-state index is 12.4. The van der Waals surface area contributed by atoms with E-state index in [-0.39, 0.29) is 12.7 Å². The van der Waals surface area contributed by atoms with Crippen LogP contribution in [-0.2, 0) is 0 Å². The van der Waals surface area contributed by atoms with Crippen LogP contribution in [0.5, 0.6) is 11.5 Å². The minimum atomic E-state index is -0.237. The van der Waals surface area contributed by atoms with Crippen LogP contribution in [0.2, 0.25) is 0 Å². The van der Waals surface area contributed by atoms with Crippen molar-refractivity contribution < 1.29 is 14.3 Å². The molecule has 6 heteroatoms. The van der Waals surface area contributed by atoms with Crippen LogP contribution in [0.3, 0.4) is 0 Å². The monoisotopic (exact) mass is 307 g/mol. The Morgan fingerprint density at radius 3 is 2.74 bits per heavy atom. The van der Waals surface area contributed by atoms with Gasteiger partial charge in [-0.1, -0.05) is 6.07 Å². The van der Waals surface area contributed by atoms with E-state index in [0.717, 1.165) is 5.69 Å². The third-order valence-electron chi connectivity index (χ3n) is 3.54. The van der Waals surface area contributed by atoms with Gasteiger partial charge in [-0.2, -0.15) is 5.10 Å². The standard InChI is InChI=1S/C17H13N3O3/c21-17(14-3-1-4-15-16(14)23-11-22-15)19-12-5-7-13(8-6-12)20-10-2-9-18-20/h1-10H,11H2,(H,19,21). The van der Waals surface area contributed by atoms with Crippen LogP contribution in [0.1, 0.15) is 10.4 Å². The third kappa shape index (κ3) is 2.50. The number of nitrogens with zero attached hydrogens (tertiary/aromatic N) is 2. The molecule has 6 nitrogen and oxygen atoms in total. The van der Waals surface area contributed by atoms with Crippen LogP contribution in [-0.4, -0.2) is 22.5 Å². The average molecular weight is 307 g/mol. The van der Waals surface area contributed by atoms with E-state index >= 15 is 0 Å². The van der Waals surface area contributed by atoms with Crippen molar-refractivity contribution in [2.75, 3.05) is 12.1 Å². The minimum absolute atomic E-state index is 0.137. The number of anilines is 1. The van der Waals surface area contributed by atoms with E-state index in [2.05, 4.69) is 10.4 Å². The van der Waals surface area contributed by atoms with Crippen LogP contribution in [0.15, 0.2) is 60.9 Å². The summed E-state index contributed by atoms with van der Waals surface area (Å²) in [4.78, 5) is 12.4. The Morgan fingerprint density at radius 2 is 1.96 bits per heavy atom. The second kappa shape index (κ2) is 5.49. The number of hydrogen-bond donors (Lipinski definition) is 1. The maximum Gasteiger partial charge on any atom is 0.259 e. The van der Waals surface area contributed by atoms with Gasteiger partial charge in [0.2, 0.25) is 6.79 Å². The van der Waals surface area contributed by atoms with E-state index in [0.29, 0.717) is 22.7 Å². The summed E-state index contributed by atoms with van der Waals surface area (Å²) in [6, 6.07) is 14.5. The lowest BCUT2D eigenvalue weighted by Crippen LogP contribution is -2.12. The van der Waals surface area contributed by atoms with Gasteiger partial charge in [0.25, 0.3) is 5.91 Å². The fourth-order valence-electron chi connectivity index (χ4n) is 2.43. The van der Waals surface area contributed by atoms with E-state index in [4.69, 9.17) is 9.47 Å². The second-order valence-corrected chi connectivity index (χ2v) is 4.99. The van der Waals surface area contributed by atoms with Gasteiger partial charge in [0.1, 0.15) is 0 Å². The van der Waals surface area contributed by atoms with Crippen molar-refractivity contribution in [1.82, 2.24) is 9.78 Å². The van der Waals surface area contributed by atoms with Gasteiger partial charge in [0, 0.05) is 18.1 Å². The first-order chi connectivity index (χ1) is 11.3. The first-order valence-corrected chi connectivity index (χ1v) is 7.11. The highest BCUT2D eigenvalue weighted by Gasteiger charge is 2.21. The molecule has 2 aromatic carbocycles. The largest absolute Gasteiger partial charge is 0.454 e. The Bertz CT molecular complexity index is 842. The number of carbonyl (C=O) groups is 1. The topological polar surface area (TPSA) is 65.4 Å². The molecule has 1 aromatic heterocycles. The molecular weight excluding hydrogens is 294 g/mol. The summed E-state index contributed by atoms with van der Waals surface area (Å²) < 4.78 is 12.4. The van der Waals surface area contributed by atoms with Crippen LogP contribution < -0.4 is 14.8 Å². The summed E-state index contributed by atoms with van der Waals surface area (Å²) in [7, 11) is 0. The van der Waals surface area contributed by atoms with Crippen LogP contribution in [0.4, 0.5) is 5.69 Å². The molecule has 0 aliphatic carbocycles. The second-order valence-electron chi connectivity index (χ2n) is 4.99. The van der Waals surface area contributed by atoms with Gasteiger partial charge in [0.05, 0.1) is 11.3 Å². The summed E-state index contributed by atoms with van der Waals surface area (Å²) in [5.41, 5.74) is 2.07. The number of hydrogen-bond acceptors (Lipinski definition) is 4. The summed E-state index contributed by atoms with van der Waals surface area (Å²) in [5.74, 6) is 0.837. The number of aromatic nitrogens is 2. The number of rotatable bonds is 3. The fourth-order valence-corrected chi connectivity index (χ4v) is 2.43. The Labute approximate surface area is 132 Å². The molecule has 1 N–H and O–H groups in total. The Hall–Kier alpha value is -3.28. The molecule has 0 atom stereocenters. The van der Waals surface area contributed by atoms with Crippen LogP contribution in [0, 0.1) is 0 Å². The number of ether oxygens (including phenoxy) is 2. The van der Waals surface area contributed by atoms with Crippen molar-refractivity contribution in [3.63, 3.8) is 0 Å². The molecule has 23 heavy (non-hydrogen) atoms. The highest BCUT2D eigenvalue weighted by atomic mass is 16.7. The number of benzene rings is 2. The molecule has 3 aromatic rings. The summed E-state index contributed by atoms with van der Waals surface area (Å²) in [6.45, 7) is 0.137. The molecule has 1 amide bonds. The van der Waals surface area contributed by atoms with Gasteiger partial charge in [0.15, 0.2) is 11.5 Å². The average Bonchev–Trinajstić information content (AvgIpc) is 3.26. The highest BCUT2D eigenvalue weighted by molar-refractivity contribution is 6.06.